The Morgan fingerprint density at radius 1 is 1.36 bits per heavy atom. The van der Waals surface area contributed by atoms with Crippen molar-refractivity contribution in [2.24, 2.45) is 0 Å². The average Bonchev–Trinajstić information content (AvgIpc) is 3.14. The first-order chi connectivity index (χ1) is 11.8. The SMILES string of the molecule is O=C(CS[C@@H]1CCS(=O)(=O)C1)Nc1nc(-c2ccc(F)c(F)c2)cs1. The molecule has 25 heavy (non-hydrogen) atoms. The van der Waals surface area contributed by atoms with Crippen molar-refractivity contribution in [2.75, 3.05) is 22.6 Å². The number of nitrogens with zero attached hydrogens (tertiary/aromatic N) is 1. The summed E-state index contributed by atoms with van der Waals surface area (Å²) >= 11 is 2.49. The van der Waals surface area contributed by atoms with Crippen LogP contribution in [0.25, 0.3) is 11.3 Å². The second kappa shape index (κ2) is 7.38. The van der Waals surface area contributed by atoms with Crippen LogP contribution in [0.1, 0.15) is 6.42 Å². The first-order valence-corrected chi connectivity index (χ1v) is 11.1. The predicted molar refractivity (Wildman–Crippen MR) is 95.6 cm³/mol. The zero-order chi connectivity index (χ0) is 18.0. The molecule has 1 N–H and O–H groups in total. The number of sulfone groups is 1. The van der Waals surface area contributed by atoms with Gasteiger partial charge in [0.1, 0.15) is 0 Å². The van der Waals surface area contributed by atoms with Crippen LogP contribution in [0.4, 0.5) is 13.9 Å². The number of carbonyl (C=O) groups excluding carboxylic acids is 1. The van der Waals surface area contributed by atoms with E-state index in [2.05, 4.69) is 10.3 Å². The highest BCUT2D eigenvalue weighted by atomic mass is 32.2. The number of hydrogen-bond acceptors (Lipinski definition) is 6. The number of rotatable bonds is 5. The van der Waals surface area contributed by atoms with E-state index in [1.807, 2.05) is 0 Å². The Morgan fingerprint density at radius 2 is 2.16 bits per heavy atom. The molecule has 2 aromatic rings. The Bertz CT molecular complexity index is 899. The maximum absolute atomic E-state index is 13.3. The number of anilines is 1. The molecule has 1 fully saturated rings. The van der Waals surface area contributed by atoms with E-state index in [0.29, 0.717) is 22.8 Å². The normalized spacial score (nSPS) is 19.0. The van der Waals surface area contributed by atoms with Crippen LogP contribution in [0.3, 0.4) is 0 Å². The summed E-state index contributed by atoms with van der Waals surface area (Å²) in [5, 5.41) is 4.57. The van der Waals surface area contributed by atoms with E-state index in [1.165, 1.54) is 29.2 Å². The van der Waals surface area contributed by atoms with Gasteiger partial charge in [0.2, 0.25) is 5.91 Å². The quantitative estimate of drug-likeness (QED) is 0.829. The minimum atomic E-state index is -2.96. The van der Waals surface area contributed by atoms with Crippen LogP contribution < -0.4 is 5.32 Å². The number of nitrogens with one attached hydrogen (secondary N) is 1. The standard InChI is InChI=1S/C15H14F2N2O3S3/c16-11-2-1-9(5-12(11)17)13-6-24-15(18-13)19-14(20)7-23-10-3-4-25(21,22)8-10/h1-2,5-6,10H,3-4,7-8H2,(H,18,19,20)/t10-/m1/s1. The summed E-state index contributed by atoms with van der Waals surface area (Å²) < 4.78 is 49.0. The van der Waals surface area contributed by atoms with Crippen molar-refractivity contribution >= 4 is 44.0 Å². The first kappa shape index (κ1) is 18.3. The van der Waals surface area contributed by atoms with Gasteiger partial charge in [-0.05, 0) is 24.6 Å². The van der Waals surface area contributed by atoms with Crippen LogP contribution in [0, 0.1) is 11.6 Å². The smallest absolute Gasteiger partial charge is 0.236 e. The van der Waals surface area contributed by atoms with E-state index >= 15 is 0 Å². The minimum absolute atomic E-state index is 0.0511. The molecule has 1 atom stereocenters. The maximum atomic E-state index is 13.3. The van der Waals surface area contributed by atoms with Gasteiger partial charge in [0, 0.05) is 16.2 Å². The van der Waals surface area contributed by atoms with Crippen LogP contribution in [0.15, 0.2) is 23.6 Å². The van der Waals surface area contributed by atoms with Gasteiger partial charge in [0.05, 0.1) is 23.0 Å². The number of thioether (sulfide) groups is 1. The molecular weight excluding hydrogens is 390 g/mol. The molecule has 2 heterocycles. The lowest BCUT2D eigenvalue weighted by Gasteiger charge is -2.06. The summed E-state index contributed by atoms with van der Waals surface area (Å²) in [6.45, 7) is 0. The predicted octanol–water partition coefficient (Wildman–Crippen LogP) is 2.95. The highest BCUT2D eigenvalue weighted by Crippen LogP contribution is 2.27. The van der Waals surface area contributed by atoms with Gasteiger partial charge in [-0.25, -0.2) is 22.2 Å². The lowest BCUT2D eigenvalue weighted by Crippen LogP contribution is -2.17. The van der Waals surface area contributed by atoms with Gasteiger partial charge in [-0.15, -0.1) is 23.1 Å². The van der Waals surface area contributed by atoms with E-state index in [-0.39, 0.29) is 28.4 Å². The molecule has 134 valence electrons. The number of aromatic nitrogens is 1. The molecule has 1 aliphatic heterocycles. The Morgan fingerprint density at radius 3 is 2.84 bits per heavy atom. The van der Waals surface area contributed by atoms with Crippen molar-refractivity contribution in [3.8, 4) is 11.3 Å². The van der Waals surface area contributed by atoms with Gasteiger partial charge >= 0.3 is 0 Å². The molecule has 1 amide bonds. The fraction of sp³-hybridized carbons (Fsp3) is 0.333. The van der Waals surface area contributed by atoms with Gasteiger partial charge in [-0.1, -0.05) is 0 Å². The first-order valence-electron chi connectivity index (χ1n) is 7.35. The van der Waals surface area contributed by atoms with Crippen molar-refractivity contribution in [3.63, 3.8) is 0 Å². The zero-order valence-corrected chi connectivity index (χ0v) is 15.3. The summed E-state index contributed by atoms with van der Waals surface area (Å²) in [6.07, 6.45) is 0.567. The van der Waals surface area contributed by atoms with E-state index in [4.69, 9.17) is 0 Å². The van der Waals surface area contributed by atoms with Crippen molar-refractivity contribution in [2.45, 2.75) is 11.7 Å². The van der Waals surface area contributed by atoms with Crippen molar-refractivity contribution < 1.29 is 22.0 Å². The largest absolute Gasteiger partial charge is 0.301 e. The van der Waals surface area contributed by atoms with Crippen LogP contribution in [-0.4, -0.2) is 41.8 Å². The third kappa shape index (κ3) is 4.77. The number of amides is 1. The Kier molecular flexibility index (Phi) is 5.40. The molecule has 10 heteroatoms. The number of thiazole rings is 1. The van der Waals surface area contributed by atoms with Crippen LogP contribution in [0.5, 0.6) is 0 Å². The van der Waals surface area contributed by atoms with Gasteiger partial charge in [0.25, 0.3) is 0 Å². The fourth-order valence-corrected chi connectivity index (χ4v) is 6.54. The molecule has 1 aromatic heterocycles. The molecule has 0 radical (unpaired) electrons. The van der Waals surface area contributed by atoms with E-state index in [1.54, 1.807) is 5.38 Å². The molecule has 1 saturated heterocycles. The topological polar surface area (TPSA) is 76.1 Å². The molecule has 1 aromatic carbocycles. The molecular formula is C15H14F2N2O3S3. The highest BCUT2D eigenvalue weighted by molar-refractivity contribution is 8.02. The van der Waals surface area contributed by atoms with E-state index < -0.39 is 21.5 Å². The monoisotopic (exact) mass is 404 g/mol. The minimum Gasteiger partial charge on any atom is -0.301 e. The van der Waals surface area contributed by atoms with Gasteiger partial charge in [-0.3, -0.25) is 4.79 Å². The van der Waals surface area contributed by atoms with Crippen LogP contribution >= 0.6 is 23.1 Å². The summed E-state index contributed by atoms with van der Waals surface area (Å²) in [5.41, 5.74) is 0.856. The molecule has 0 spiro atoms. The van der Waals surface area contributed by atoms with Gasteiger partial charge in [-0.2, -0.15) is 0 Å². The molecule has 5 nitrogen and oxygen atoms in total. The second-order valence-electron chi connectivity index (χ2n) is 5.55. The number of carbonyl (C=O) groups is 1. The van der Waals surface area contributed by atoms with Crippen molar-refractivity contribution in [1.82, 2.24) is 4.98 Å². The summed E-state index contributed by atoms with van der Waals surface area (Å²) in [4.78, 5) is 16.1. The number of halogens is 2. The Labute approximate surface area is 151 Å². The molecule has 0 bridgehead atoms. The van der Waals surface area contributed by atoms with Crippen LogP contribution in [-0.2, 0) is 14.6 Å². The summed E-state index contributed by atoms with van der Waals surface area (Å²) in [7, 11) is -2.96. The van der Waals surface area contributed by atoms with Gasteiger partial charge < -0.3 is 5.32 Å². The fourth-order valence-electron chi connectivity index (χ4n) is 2.36. The molecule has 0 aliphatic carbocycles. The highest BCUT2D eigenvalue weighted by Gasteiger charge is 2.28. The lowest BCUT2D eigenvalue weighted by molar-refractivity contribution is -0.113. The third-order valence-corrected chi connectivity index (χ3v) is 7.65. The number of hydrogen-bond donors (Lipinski definition) is 1. The van der Waals surface area contributed by atoms with Gasteiger partial charge in [0.15, 0.2) is 26.6 Å². The lowest BCUT2D eigenvalue weighted by atomic mass is 10.2. The van der Waals surface area contributed by atoms with Crippen molar-refractivity contribution in [3.05, 3.63) is 35.2 Å². The molecule has 1 aliphatic rings. The van der Waals surface area contributed by atoms with Crippen molar-refractivity contribution in [1.29, 1.82) is 0 Å². The molecule has 3 rings (SSSR count). The average molecular weight is 404 g/mol. The summed E-state index contributed by atoms with van der Waals surface area (Å²) in [6, 6.07) is 3.48. The van der Waals surface area contributed by atoms with E-state index in [0.717, 1.165) is 12.1 Å². The van der Waals surface area contributed by atoms with Crippen LogP contribution in [0.2, 0.25) is 0 Å². The third-order valence-electron chi connectivity index (χ3n) is 3.61. The Hall–Kier alpha value is -1.52. The molecule has 0 saturated carbocycles. The maximum Gasteiger partial charge on any atom is 0.236 e. The number of benzene rings is 1. The summed E-state index contributed by atoms with van der Waals surface area (Å²) in [5.74, 6) is -1.74. The molecule has 0 unspecified atom stereocenters. The van der Waals surface area contributed by atoms with E-state index in [9.17, 15) is 22.0 Å². The Balaban J connectivity index is 1.56. The second-order valence-corrected chi connectivity index (χ2v) is 9.93. The zero-order valence-electron chi connectivity index (χ0n) is 12.9.